The molecule has 0 aliphatic heterocycles. The Balaban J connectivity index is 1.50. The van der Waals surface area contributed by atoms with Gasteiger partial charge in [-0.15, -0.1) is 0 Å². The molecule has 120 valence electrons. The number of nitrogens with one attached hydrogen (secondary N) is 1. The number of halogens is 1. The fourth-order valence-corrected chi connectivity index (χ4v) is 7.28. The monoisotopic (exact) mass is 372 g/mol. The van der Waals surface area contributed by atoms with Crippen molar-refractivity contribution in [3.63, 3.8) is 0 Å². The number of nitriles is 1. The Morgan fingerprint density at radius 3 is 2.61 bits per heavy atom. The largest absolute Gasteiger partial charge is 0.325 e. The highest BCUT2D eigenvalue weighted by atomic mass is 79.9. The third-order valence-corrected chi connectivity index (χ3v) is 6.90. The molecule has 0 saturated heterocycles. The van der Waals surface area contributed by atoms with Gasteiger partial charge in [0, 0.05) is 10.7 Å². The molecule has 4 saturated carbocycles. The summed E-state index contributed by atoms with van der Waals surface area (Å²) in [5, 5.41) is 12.1. The molecule has 4 aliphatic carbocycles. The molecule has 4 bridgehead atoms. The van der Waals surface area contributed by atoms with E-state index in [-0.39, 0.29) is 15.6 Å². The van der Waals surface area contributed by atoms with Crippen LogP contribution in [0, 0.1) is 28.6 Å². The minimum atomic E-state index is 0.0609. The maximum atomic E-state index is 12.6. The summed E-state index contributed by atoms with van der Waals surface area (Å²) < 4.78 is 0.280. The molecule has 23 heavy (non-hydrogen) atoms. The van der Waals surface area contributed by atoms with Crippen LogP contribution in [0.3, 0.4) is 0 Å². The van der Waals surface area contributed by atoms with Crippen LogP contribution in [0.4, 0.5) is 5.69 Å². The molecule has 5 rings (SSSR count). The highest BCUT2D eigenvalue weighted by molar-refractivity contribution is 9.10. The second-order valence-electron chi connectivity index (χ2n) is 7.99. The van der Waals surface area contributed by atoms with E-state index in [9.17, 15) is 4.79 Å². The topological polar surface area (TPSA) is 52.9 Å². The van der Waals surface area contributed by atoms with E-state index in [0.29, 0.717) is 17.7 Å². The van der Waals surface area contributed by atoms with E-state index in [0.717, 1.165) is 18.3 Å². The van der Waals surface area contributed by atoms with Gasteiger partial charge in [-0.25, -0.2) is 0 Å². The SMILES string of the molecule is N#Cc1ccccc1NC(=O)CC12CC3CC(CC(Br)(C3)C1)C2. The number of carbonyl (C=O) groups is 1. The van der Waals surface area contributed by atoms with Crippen LogP contribution >= 0.6 is 15.9 Å². The van der Waals surface area contributed by atoms with Gasteiger partial charge >= 0.3 is 0 Å². The van der Waals surface area contributed by atoms with Crippen LogP contribution in [0.25, 0.3) is 0 Å². The van der Waals surface area contributed by atoms with Gasteiger partial charge in [0.05, 0.1) is 11.3 Å². The Hall–Kier alpha value is -1.34. The predicted octanol–water partition coefficient (Wildman–Crippen LogP) is 4.62. The number of anilines is 1. The Morgan fingerprint density at radius 1 is 1.26 bits per heavy atom. The minimum absolute atomic E-state index is 0.0609. The van der Waals surface area contributed by atoms with Crippen molar-refractivity contribution in [3.8, 4) is 6.07 Å². The number of rotatable bonds is 3. The zero-order valence-corrected chi connectivity index (χ0v) is 14.7. The molecular formula is C19H21BrN2O. The molecule has 1 amide bonds. The van der Waals surface area contributed by atoms with Crippen LogP contribution < -0.4 is 5.32 Å². The summed E-state index contributed by atoms with van der Waals surface area (Å²) in [6.07, 6.45) is 8.03. The molecule has 1 aromatic carbocycles. The zero-order valence-electron chi connectivity index (χ0n) is 13.1. The third kappa shape index (κ3) is 2.80. The second kappa shape index (κ2) is 5.34. The van der Waals surface area contributed by atoms with Crippen molar-refractivity contribution >= 4 is 27.5 Å². The minimum Gasteiger partial charge on any atom is -0.325 e. The first-order valence-corrected chi connectivity index (χ1v) is 9.26. The Kier molecular flexibility index (Phi) is 3.53. The second-order valence-corrected chi connectivity index (χ2v) is 9.68. The zero-order chi connectivity index (χ0) is 16.1. The van der Waals surface area contributed by atoms with Crippen LogP contribution in [0.5, 0.6) is 0 Å². The number of carbonyl (C=O) groups excluding carboxylic acids is 1. The summed E-state index contributed by atoms with van der Waals surface area (Å²) in [6.45, 7) is 0. The van der Waals surface area contributed by atoms with Gasteiger partial charge < -0.3 is 5.32 Å². The van der Waals surface area contributed by atoms with Crippen molar-refractivity contribution in [2.75, 3.05) is 5.32 Å². The van der Waals surface area contributed by atoms with E-state index >= 15 is 0 Å². The van der Waals surface area contributed by atoms with E-state index in [1.165, 1.54) is 32.1 Å². The lowest BCUT2D eigenvalue weighted by Crippen LogP contribution is -2.53. The normalized spacial score (nSPS) is 37.4. The summed E-state index contributed by atoms with van der Waals surface area (Å²) >= 11 is 4.00. The summed E-state index contributed by atoms with van der Waals surface area (Å²) in [5.41, 5.74) is 1.33. The van der Waals surface area contributed by atoms with Crippen molar-refractivity contribution in [3.05, 3.63) is 29.8 Å². The van der Waals surface area contributed by atoms with Crippen molar-refractivity contribution < 1.29 is 4.79 Å². The summed E-state index contributed by atoms with van der Waals surface area (Å²) in [6, 6.07) is 9.37. The van der Waals surface area contributed by atoms with Crippen LogP contribution in [-0.4, -0.2) is 10.2 Å². The van der Waals surface area contributed by atoms with Crippen LogP contribution in [0.2, 0.25) is 0 Å². The number of nitrogens with zero attached hydrogens (tertiary/aromatic N) is 1. The molecule has 4 fully saturated rings. The highest BCUT2D eigenvalue weighted by Gasteiger charge is 2.57. The molecular weight excluding hydrogens is 352 g/mol. The summed E-state index contributed by atoms with van der Waals surface area (Å²) in [7, 11) is 0. The molecule has 0 spiro atoms. The van der Waals surface area contributed by atoms with Crippen LogP contribution in [-0.2, 0) is 4.79 Å². The van der Waals surface area contributed by atoms with Crippen LogP contribution in [0.15, 0.2) is 24.3 Å². The number of para-hydroxylation sites is 1. The Bertz CT molecular complexity index is 679. The first-order chi connectivity index (χ1) is 11.0. The van der Waals surface area contributed by atoms with Crippen molar-refractivity contribution in [1.82, 2.24) is 0 Å². The van der Waals surface area contributed by atoms with E-state index in [2.05, 4.69) is 27.3 Å². The quantitative estimate of drug-likeness (QED) is 0.786. The average molecular weight is 373 g/mol. The van der Waals surface area contributed by atoms with Crippen molar-refractivity contribution in [2.45, 2.75) is 49.3 Å². The number of alkyl halides is 1. The molecule has 3 nitrogen and oxygen atoms in total. The van der Waals surface area contributed by atoms with Gasteiger partial charge in [-0.3, -0.25) is 4.79 Å². The maximum absolute atomic E-state index is 12.6. The van der Waals surface area contributed by atoms with Crippen molar-refractivity contribution in [1.29, 1.82) is 5.26 Å². The standard InChI is InChI=1S/C19H21BrN2O/c20-19-8-13-5-14(9-19)7-18(6-13,12-19)10-17(23)22-16-4-2-1-3-15(16)11-21/h1-4,13-14H,5-10,12H2,(H,22,23). The third-order valence-electron chi connectivity index (χ3n) is 5.97. The average Bonchev–Trinajstić information content (AvgIpc) is 2.44. The Labute approximate surface area is 145 Å². The molecule has 0 radical (unpaired) electrons. The molecule has 0 aromatic heterocycles. The molecule has 2 atom stereocenters. The number of benzene rings is 1. The van der Waals surface area contributed by atoms with Gasteiger partial charge in [-0.05, 0) is 67.9 Å². The van der Waals surface area contributed by atoms with Gasteiger partial charge in [0.1, 0.15) is 6.07 Å². The Morgan fingerprint density at radius 2 is 1.96 bits per heavy atom. The van der Waals surface area contributed by atoms with E-state index < -0.39 is 0 Å². The molecule has 4 heteroatoms. The highest BCUT2D eigenvalue weighted by Crippen LogP contribution is 2.65. The van der Waals surface area contributed by atoms with Crippen molar-refractivity contribution in [2.24, 2.45) is 17.3 Å². The first kappa shape index (κ1) is 15.2. The fourth-order valence-electron chi connectivity index (χ4n) is 5.77. The number of hydrogen-bond donors (Lipinski definition) is 1. The van der Waals surface area contributed by atoms with Gasteiger partial charge in [0.2, 0.25) is 5.91 Å². The van der Waals surface area contributed by atoms with Gasteiger partial charge in [0.25, 0.3) is 0 Å². The lowest BCUT2D eigenvalue weighted by Gasteiger charge is -2.60. The smallest absolute Gasteiger partial charge is 0.224 e. The first-order valence-electron chi connectivity index (χ1n) is 8.47. The van der Waals surface area contributed by atoms with E-state index in [1.807, 2.05) is 18.2 Å². The van der Waals surface area contributed by atoms with E-state index in [4.69, 9.17) is 5.26 Å². The van der Waals surface area contributed by atoms with Gasteiger partial charge in [-0.2, -0.15) is 5.26 Å². The molecule has 1 N–H and O–H groups in total. The molecule has 1 aromatic rings. The number of amides is 1. The fraction of sp³-hybridized carbons (Fsp3) is 0.579. The van der Waals surface area contributed by atoms with Gasteiger partial charge in [0.15, 0.2) is 0 Å². The number of hydrogen-bond acceptors (Lipinski definition) is 2. The van der Waals surface area contributed by atoms with E-state index in [1.54, 1.807) is 6.07 Å². The lowest BCUT2D eigenvalue weighted by atomic mass is 9.48. The molecule has 0 heterocycles. The molecule has 2 unspecified atom stereocenters. The van der Waals surface area contributed by atoms with Gasteiger partial charge in [-0.1, -0.05) is 28.1 Å². The van der Waals surface area contributed by atoms with Crippen LogP contribution in [0.1, 0.15) is 50.5 Å². The summed E-state index contributed by atoms with van der Waals surface area (Å²) in [5.74, 6) is 1.63. The predicted molar refractivity (Wildman–Crippen MR) is 93.2 cm³/mol. The maximum Gasteiger partial charge on any atom is 0.224 e. The summed E-state index contributed by atoms with van der Waals surface area (Å²) in [4.78, 5) is 12.6. The molecule has 4 aliphatic rings. The lowest BCUT2D eigenvalue weighted by molar-refractivity contribution is -0.123.